The van der Waals surface area contributed by atoms with Crippen LogP contribution in [0.2, 0.25) is 0 Å². The van der Waals surface area contributed by atoms with Crippen LogP contribution < -0.4 is 0 Å². The molecule has 0 aromatic carbocycles. The van der Waals surface area contributed by atoms with Gasteiger partial charge in [0.2, 0.25) is 5.91 Å². The van der Waals surface area contributed by atoms with Gasteiger partial charge in [0.1, 0.15) is 0 Å². The van der Waals surface area contributed by atoms with E-state index >= 15 is 0 Å². The maximum atomic E-state index is 12.8. The van der Waals surface area contributed by atoms with Gasteiger partial charge < -0.3 is 4.90 Å². The highest BCUT2D eigenvalue weighted by molar-refractivity contribution is 5.76. The van der Waals surface area contributed by atoms with Crippen LogP contribution in [0.5, 0.6) is 0 Å². The van der Waals surface area contributed by atoms with Crippen molar-refractivity contribution >= 4 is 5.91 Å². The van der Waals surface area contributed by atoms with E-state index in [2.05, 4.69) is 25.7 Å². The molecular weight excluding hydrogens is 354 g/mol. The predicted molar refractivity (Wildman–Crippen MR) is 131 cm³/mol. The molecule has 0 bridgehead atoms. The molecule has 0 radical (unpaired) electrons. The van der Waals surface area contributed by atoms with Crippen LogP contribution in [-0.4, -0.2) is 23.9 Å². The van der Waals surface area contributed by atoms with E-state index in [1.807, 2.05) is 0 Å². The molecule has 174 valence electrons. The molecule has 29 heavy (non-hydrogen) atoms. The van der Waals surface area contributed by atoms with E-state index in [1.165, 1.54) is 122 Å². The summed E-state index contributed by atoms with van der Waals surface area (Å²) in [4.78, 5) is 15.0. The van der Waals surface area contributed by atoms with Gasteiger partial charge in [-0.2, -0.15) is 0 Å². The summed E-state index contributed by atoms with van der Waals surface area (Å²) < 4.78 is 0. The van der Waals surface area contributed by atoms with Gasteiger partial charge in [0, 0.05) is 19.5 Å². The van der Waals surface area contributed by atoms with Crippen molar-refractivity contribution < 1.29 is 4.79 Å². The third-order valence-corrected chi connectivity index (χ3v) is 6.16. The molecule has 0 aromatic rings. The maximum Gasteiger partial charge on any atom is 0.222 e. The van der Waals surface area contributed by atoms with Crippen molar-refractivity contribution in [2.45, 2.75) is 156 Å². The molecule has 0 aromatic heterocycles. The van der Waals surface area contributed by atoms with Crippen LogP contribution >= 0.6 is 0 Å². The fraction of sp³-hybridized carbons (Fsp3) is 0.963. The second kappa shape index (κ2) is 23.7. The molecule has 0 aliphatic heterocycles. The minimum atomic E-state index is 0.428. The number of unbranched alkanes of at least 4 members (excludes halogenated alkanes) is 17. The summed E-state index contributed by atoms with van der Waals surface area (Å²) in [7, 11) is 0. The minimum Gasteiger partial charge on any atom is -0.343 e. The third-order valence-electron chi connectivity index (χ3n) is 6.16. The average Bonchev–Trinajstić information content (AvgIpc) is 2.73. The normalized spacial score (nSPS) is 11.1. The Morgan fingerprint density at radius 3 is 1.14 bits per heavy atom. The van der Waals surface area contributed by atoms with Gasteiger partial charge in [-0.15, -0.1) is 0 Å². The van der Waals surface area contributed by atoms with E-state index < -0.39 is 0 Å². The number of amides is 1. The van der Waals surface area contributed by atoms with E-state index in [4.69, 9.17) is 0 Å². The SMILES string of the molecule is CCCCCCCCCN(CCCCCCCCC)C(=O)CCCCCCCC. The lowest BCUT2D eigenvalue weighted by Gasteiger charge is -2.23. The van der Waals surface area contributed by atoms with Gasteiger partial charge in [0.25, 0.3) is 0 Å². The maximum absolute atomic E-state index is 12.8. The van der Waals surface area contributed by atoms with Crippen LogP contribution in [0.25, 0.3) is 0 Å². The summed E-state index contributed by atoms with van der Waals surface area (Å²) in [6.07, 6.45) is 27.0. The van der Waals surface area contributed by atoms with Gasteiger partial charge in [-0.25, -0.2) is 0 Å². The molecule has 2 heteroatoms. The first-order valence-electron chi connectivity index (χ1n) is 13.5. The Labute approximate surface area is 184 Å². The highest BCUT2D eigenvalue weighted by Crippen LogP contribution is 2.13. The molecule has 0 saturated carbocycles. The fourth-order valence-electron chi connectivity index (χ4n) is 4.10. The highest BCUT2D eigenvalue weighted by atomic mass is 16.2. The van der Waals surface area contributed by atoms with Crippen LogP contribution in [-0.2, 0) is 4.79 Å². The van der Waals surface area contributed by atoms with Crippen LogP contribution in [0.1, 0.15) is 156 Å². The predicted octanol–water partition coefficient (Wildman–Crippen LogP) is 9.07. The zero-order valence-electron chi connectivity index (χ0n) is 20.6. The summed E-state index contributed by atoms with van der Waals surface area (Å²) in [6, 6.07) is 0. The summed E-state index contributed by atoms with van der Waals surface area (Å²) >= 11 is 0. The first kappa shape index (κ1) is 28.5. The topological polar surface area (TPSA) is 20.3 Å². The summed E-state index contributed by atoms with van der Waals surface area (Å²) in [5.74, 6) is 0.428. The number of hydrogen-bond donors (Lipinski definition) is 0. The minimum absolute atomic E-state index is 0.428. The fourth-order valence-corrected chi connectivity index (χ4v) is 4.10. The number of carbonyl (C=O) groups is 1. The molecule has 0 aliphatic carbocycles. The van der Waals surface area contributed by atoms with Crippen molar-refractivity contribution in [3.05, 3.63) is 0 Å². The number of hydrogen-bond acceptors (Lipinski definition) is 1. The molecule has 0 N–H and O–H groups in total. The van der Waals surface area contributed by atoms with E-state index in [0.29, 0.717) is 5.91 Å². The van der Waals surface area contributed by atoms with E-state index in [1.54, 1.807) is 0 Å². The first-order valence-corrected chi connectivity index (χ1v) is 13.5. The summed E-state index contributed by atoms with van der Waals surface area (Å²) in [5, 5.41) is 0. The molecule has 1 amide bonds. The Morgan fingerprint density at radius 2 is 0.759 bits per heavy atom. The van der Waals surface area contributed by atoms with Crippen molar-refractivity contribution in [2.75, 3.05) is 13.1 Å². The molecule has 0 heterocycles. The van der Waals surface area contributed by atoms with Crippen LogP contribution in [0, 0.1) is 0 Å². The van der Waals surface area contributed by atoms with Crippen molar-refractivity contribution in [1.82, 2.24) is 4.90 Å². The average molecular weight is 410 g/mol. The second-order valence-corrected chi connectivity index (χ2v) is 9.14. The molecule has 0 fully saturated rings. The molecule has 0 saturated heterocycles. The van der Waals surface area contributed by atoms with Gasteiger partial charge >= 0.3 is 0 Å². The summed E-state index contributed by atoms with van der Waals surface area (Å²) in [6.45, 7) is 8.81. The highest BCUT2D eigenvalue weighted by Gasteiger charge is 2.12. The van der Waals surface area contributed by atoms with E-state index in [0.717, 1.165) is 25.9 Å². The molecule has 0 aliphatic rings. The Hall–Kier alpha value is -0.530. The molecule has 0 spiro atoms. The van der Waals surface area contributed by atoms with Gasteiger partial charge in [0.05, 0.1) is 0 Å². The lowest BCUT2D eigenvalue weighted by molar-refractivity contribution is -0.131. The number of rotatable bonds is 23. The first-order chi connectivity index (χ1) is 14.3. The second-order valence-electron chi connectivity index (χ2n) is 9.14. The Kier molecular flexibility index (Phi) is 23.3. The lowest BCUT2D eigenvalue weighted by Crippen LogP contribution is -2.32. The van der Waals surface area contributed by atoms with Crippen LogP contribution in [0.3, 0.4) is 0 Å². The van der Waals surface area contributed by atoms with Gasteiger partial charge in [-0.05, 0) is 19.3 Å². The molecule has 0 rings (SSSR count). The van der Waals surface area contributed by atoms with Crippen molar-refractivity contribution in [1.29, 1.82) is 0 Å². The van der Waals surface area contributed by atoms with Gasteiger partial charge in [0.15, 0.2) is 0 Å². The van der Waals surface area contributed by atoms with Crippen LogP contribution in [0.15, 0.2) is 0 Å². The zero-order chi connectivity index (χ0) is 21.4. The van der Waals surface area contributed by atoms with E-state index in [-0.39, 0.29) is 0 Å². The molecule has 0 unspecified atom stereocenters. The van der Waals surface area contributed by atoms with Crippen molar-refractivity contribution in [3.63, 3.8) is 0 Å². The quantitative estimate of drug-likeness (QED) is 0.154. The van der Waals surface area contributed by atoms with Crippen molar-refractivity contribution in [2.24, 2.45) is 0 Å². The van der Waals surface area contributed by atoms with Crippen molar-refractivity contribution in [3.8, 4) is 0 Å². The number of nitrogens with zero attached hydrogens (tertiary/aromatic N) is 1. The Morgan fingerprint density at radius 1 is 0.448 bits per heavy atom. The molecule has 2 nitrogen and oxygen atoms in total. The van der Waals surface area contributed by atoms with E-state index in [9.17, 15) is 4.79 Å². The number of carbonyl (C=O) groups excluding carboxylic acids is 1. The van der Waals surface area contributed by atoms with Gasteiger partial charge in [-0.3, -0.25) is 4.79 Å². The monoisotopic (exact) mass is 409 g/mol. The zero-order valence-corrected chi connectivity index (χ0v) is 20.6. The largest absolute Gasteiger partial charge is 0.343 e. The Bertz CT molecular complexity index is 310. The smallest absolute Gasteiger partial charge is 0.222 e. The Balaban J connectivity index is 4.03. The molecule has 0 atom stereocenters. The summed E-state index contributed by atoms with van der Waals surface area (Å²) in [5.41, 5.74) is 0. The lowest BCUT2D eigenvalue weighted by atomic mass is 10.1. The molecular formula is C27H55NO. The third kappa shape index (κ3) is 20.5. The van der Waals surface area contributed by atoms with Gasteiger partial charge in [-0.1, -0.05) is 130 Å². The van der Waals surface area contributed by atoms with Crippen LogP contribution in [0.4, 0.5) is 0 Å². The standard InChI is InChI=1S/C27H55NO/c1-4-7-10-13-16-19-22-25-28(26-23-20-17-14-11-8-5-2)27(29)24-21-18-15-12-9-6-3/h4-26H2,1-3H3.